The van der Waals surface area contributed by atoms with Crippen molar-refractivity contribution < 1.29 is 28.8 Å². The molecule has 50 heavy (non-hydrogen) atoms. The highest BCUT2D eigenvalue weighted by Crippen LogP contribution is 2.42. The zero-order chi connectivity index (χ0) is 36.2. The summed E-state index contributed by atoms with van der Waals surface area (Å²) in [6, 6.07) is 12.7. The third-order valence-electron chi connectivity index (χ3n) is 7.28. The minimum Gasteiger partial charge on any atom is -0.293 e. The smallest absolute Gasteiger partial charge is 0.269 e. The Labute approximate surface area is 317 Å². The van der Waals surface area contributed by atoms with Crippen LogP contribution in [0, 0.1) is 0 Å². The summed E-state index contributed by atoms with van der Waals surface area (Å²) in [6.45, 7) is 0.666. The molecule has 0 aromatic heterocycles. The summed E-state index contributed by atoms with van der Waals surface area (Å²) >= 11 is 24.8. The predicted octanol–water partition coefficient (Wildman–Crippen LogP) is 5.27. The number of carbonyl (C=O) groups is 6. The van der Waals surface area contributed by atoms with Crippen LogP contribution in [0.2, 0.25) is 10.0 Å². The molecule has 0 spiro atoms. The molecule has 0 unspecified atom stereocenters. The van der Waals surface area contributed by atoms with Gasteiger partial charge in [-0.1, -0.05) is 96.1 Å². The van der Waals surface area contributed by atoms with Crippen molar-refractivity contribution in [1.29, 1.82) is 0 Å². The van der Waals surface area contributed by atoms with Gasteiger partial charge in [0.2, 0.25) is 11.8 Å². The normalized spacial score (nSPS) is 15.8. The van der Waals surface area contributed by atoms with Gasteiger partial charge >= 0.3 is 0 Å². The monoisotopic (exact) mass is 794 g/mol. The van der Waals surface area contributed by atoms with Gasteiger partial charge in [0.05, 0.1) is 9.81 Å². The highest BCUT2D eigenvalue weighted by atomic mass is 35.5. The maximum Gasteiger partial charge on any atom is 0.269 e. The molecule has 0 aliphatic carbocycles. The van der Waals surface area contributed by atoms with Crippen molar-refractivity contribution in [2.75, 3.05) is 13.1 Å². The number of halogens is 2. The average molecular weight is 796 g/mol. The van der Waals surface area contributed by atoms with E-state index in [-0.39, 0.29) is 46.3 Å². The summed E-state index contributed by atoms with van der Waals surface area (Å²) in [6.07, 6.45) is 3.81. The van der Waals surface area contributed by atoms with Crippen LogP contribution >= 0.6 is 71.2 Å². The van der Waals surface area contributed by atoms with E-state index in [1.165, 1.54) is 21.9 Å². The number of hydrogen-bond donors (Lipinski definition) is 4. The van der Waals surface area contributed by atoms with Crippen molar-refractivity contribution >= 4 is 115 Å². The summed E-state index contributed by atoms with van der Waals surface area (Å²) in [5, 5.41) is 0.816. The Bertz CT molecular complexity index is 1620. The van der Waals surface area contributed by atoms with Gasteiger partial charge in [-0.2, -0.15) is 0 Å². The van der Waals surface area contributed by atoms with Crippen molar-refractivity contribution in [3.05, 3.63) is 79.5 Å². The summed E-state index contributed by atoms with van der Waals surface area (Å²) in [5.74, 6) is -2.37. The van der Waals surface area contributed by atoms with Gasteiger partial charge in [-0.15, -0.1) is 0 Å². The standard InChI is InChI=1S/C32H32Cl2N6O6S4/c33-21-11-7-9-19(17-21)27(43)37-35-23(41)13-3-1-5-15-39-29(45)25(49-31(39)47)26-30(46)40(32(48)50-26)16-6-2-4-14-24(42)36-38-28(44)20-10-8-12-22(34)18-20/h7-12,17-18H,1-6,13-16H2,(H,35,41)(H,36,42)(H,37,43)(H,38,44)/b26-25+. The van der Waals surface area contributed by atoms with Crippen LogP contribution in [0.5, 0.6) is 0 Å². The molecule has 0 bridgehead atoms. The SMILES string of the molecule is O=C(CCCCCN1C(=O)/C(=C2\SC(=S)N(CCCCCC(=O)NNC(=O)c3cccc(Cl)c3)C2=O)SC1=S)NNC(=O)c1cccc(Cl)c1. The third-order valence-corrected chi connectivity index (χ3v) is 10.8. The molecule has 6 amide bonds. The van der Waals surface area contributed by atoms with Crippen LogP contribution in [0.4, 0.5) is 0 Å². The van der Waals surface area contributed by atoms with E-state index in [0.717, 1.165) is 23.5 Å². The van der Waals surface area contributed by atoms with Crippen LogP contribution in [-0.4, -0.2) is 67.0 Å². The van der Waals surface area contributed by atoms with Crippen molar-refractivity contribution in [1.82, 2.24) is 31.5 Å². The molecule has 264 valence electrons. The van der Waals surface area contributed by atoms with Crippen LogP contribution in [0.3, 0.4) is 0 Å². The molecule has 4 rings (SSSR count). The minimum absolute atomic E-state index is 0.174. The van der Waals surface area contributed by atoms with E-state index in [0.29, 0.717) is 81.4 Å². The highest BCUT2D eigenvalue weighted by molar-refractivity contribution is 8.29. The molecule has 4 N–H and O–H groups in total. The zero-order valence-electron chi connectivity index (χ0n) is 26.4. The molecule has 0 atom stereocenters. The van der Waals surface area contributed by atoms with Gasteiger partial charge in [-0.25, -0.2) is 0 Å². The largest absolute Gasteiger partial charge is 0.293 e. The topological polar surface area (TPSA) is 157 Å². The van der Waals surface area contributed by atoms with Crippen molar-refractivity contribution in [3.63, 3.8) is 0 Å². The fourth-order valence-electron chi connectivity index (χ4n) is 4.70. The van der Waals surface area contributed by atoms with E-state index < -0.39 is 11.8 Å². The number of nitrogens with zero attached hydrogens (tertiary/aromatic N) is 2. The Morgan fingerprint density at radius 1 is 0.600 bits per heavy atom. The van der Waals surface area contributed by atoms with E-state index in [4.69, 9.17) is 47.6 Å². The van der Waals surface area contributed by atoms with Gasteiger partial charge in [0.25, 0.3) is 23.6 Å². The molecule has 2 aromatic rings. The van der Waals surface area contributed by atoms with Gasteiger partial charge in [-0.3, -0.25) is 60.3 Å². The molecule has 2 heterocycles. The first-order chi connectivity index (χ1) is 23.9. The first kappa shape index (κ1) is 39.2. The zero-order valence-corrected chi connectivity index (χ0v) is 31.2. The fraction of sp³-hybridized carbons (Fsp3) is 0.312. The number of thioether (sulfide) groups is 2. The van der Waals surface area contributed by atoms with Gasteiger partial charge in [0.1, 0.15) is 8.64 Å². The van der Waals surface area contributed by atoms with Crippen LogP contribution in [-0.2, 0) is 19.2 Å². The number of hydrazine groups is 2. The average Bonchev–Trinajstić information content (AvgIpc) is 3.53. The number of thiocarbonyl (C=S) groups is 2. The number of benzene rings is 2. The molecule has 2 aliphatic heterocycles. The lowest BCUT2D eigenvalue weighted by atomic mass is 10.2. The maximum absolute atomic E-state index is 13.2. The Morgan fingerprint density at radius 3 is 1.38 bits per heavy atom. The first-order valence-corrected chi connectivity index (χ1v) is 18.7. The Hall–Kier alpha value is -3.54. The minimum atomic E-state index is -0.482. The van der Waals surface area contributed by atoms with Gasteiger partial charge < -0.3 is 0 Å². The summed E-state index contributed by atoms with van der Waals surface area (Å²) in [7, 11) is 0. The lowest BCUT2D eigenvalue weighted by Gasteiger charge is -2.14. The van der Waals surface area contributed by atoms with E-state index in [1.54, 1.807) is 36.4 Å². The predicted molar refractivity (Wildman–Crippen MR) is 202 cm³/mol. The number of rotatable bonds is 14. The number of nitrogens with one attached hydrogen (secondary N) is 4. The second kappa shape index (κ2) is 19.2. The second-order valence-corrected chi connectivity index (χ2v) is 15.1. The van der Waals surface area contributed by atoms with Crippen LogP contribution in [0.15, 0.2) is 58.3 Å². The number of amides is 6. The number of hydrogen-bond acceptors (Lipinski definition) is 10. The number of unbranched alkanes of at least 4 members (excludes halogenated alkanes) is 4. The van der Waals surface area contributed by atoms with E-state index in [9.17, 15) is 28.8 Å². The van der Waals surface area contributed by atoms with Gasteiger partial charge in [0.15, 0.2) is 0 Å². The molecule has 2 aromatic carbocycles. The van der Waals surface area contributed by atoms with Gasteiger partial charge in [-0.05, 0) is 62.1 Å². The molecule has 2 aliphatic rings. The van der Waals surface area contributed by atoms with E-state index >= 15 is 0 Å². The molecular weight excluding hydrogens is 764 g/mol. The molecular formula is C32H32Cl2N6O6S4. The highest BCUT2D eigenvalue weighted by Gasteiger charge is 2.41. The van der Waals surface area contributed by atoms with E-state index in [2.05, 4.69) is 21.7 Å². The Kier molecular flexibility index (Phi) is 15.1. The lowest BCUT2D eigenvalue weighted by molar-refractivity contribution is -0.124. The lowest BCUT2D eigenvalue weighted by Crippen LogP contribution is -2.41. The summed E-state index contributed by atoms with van der Waals surface area (Å²) in [5.41, 5.74) is 10.1. The first-order valence-electron chi connectivity index (χ1n) is 15.5. The molecule has 2 saturated heterocycles. The van der Waals surface area contributed by atoms with E-state index in [1.807, 2.05) is 0 Å². The maximum atomic E-state index is 13.2. The van der Waals surface area contributed by atoms with Crippen LogP contribution in [0.25, 0.3) is 0 Å². The second-order valence-electron chi connectivity index (χ2n) is 11.0. The quantitative estimate of drug-likeness (QED) is 0.0861. The van der Waals surface area contributed by atoms with Crippen LogP contribution < -0.4 is 21.7 Å². The molecule has 0 radical (unpaired) electrons. The Balaban J connectivity index is 1.12. The van der Waals surface area contributed by atoms with Gasteiger partial charge in [0, 0.05) is 47.1 Å². The Morgan fingerprint density at radius 2 is 1.00 bits per heavy atom. The fourth-order valence-corrected chi connectivity index (χ4v) is 7.85. The molecule has 2 fully saturated rings. The third kappa shape index (κ3) is 11.2. The summed E-state index contributed by atoms with van der Waals surface area (Å²) in [4.78, 5) is 78.4. The molecule has 12 nitrogen and oxygen atoms in total. The van der Waals surface area contributed by atoms with Crippen molar-refractivity contribution in [2.24, 2.45) is 0 Å². The molecule has 18 heteroatoms. The van der Waals surface area contributed by atoms with Crippen LogP contribution in [0.1, 0.15) is 72.1 Å². The van der Waals surface area contributed by atoms with Crippen molar-refractivity contribution in [2.45, 2.75) is 51.4 Å². The molecule has 0 saturated carbocycles. The summed E-state index contributed by atoms with van der Waals surface area (Å²) < 4.78 is 0.692. The van der Waals surface area contributed by atoms with Crippen molar-refractivity contribution in [3.8, 4) is 0 Å². The number of carbonyl (C=O) groups excluding carboxylic acids is 6.